The Morgan fingerprint density at radius 2 is 1.62 bits per heavy atom. The van der Waals surface area contributed by atoms with Crippen molar-refractivity contribution in [1.29, 1.82) is 0 Å². The highest BCUT2D eigenvalue weighted by molar-refractivity contribution is 7.92. The Kier molecular flexibility index (Phi) is 3.25. The van der Waals surface area contributed by atoms with Gasteiger partial charge in [-0.15, -0.1) is 0 Å². The second kappa shape index (κ2) is 4.96. The van der Waals surface area contributed by atoms with E-state index in [9.17, 15) is 18.5 Å². The maximum atomic E-state index is 12.6. The number of nitrogens with zero attached hydrogens (tertiary/aromatic N) is 1. The smallest absolute Gasteiger partial charge is 0.258 e. The lowest BCUT2D eigenvalue weighted by Gasteiger charge is -2.05. The monoisotopic (exact) mass is 303 g/mol. The van der Waals surface area contributed by atoms with Gasteiger partial charge in [0.05, 0.1) is 10.2 Å². The quantitative estimate of drug-likeness (QED) is 0.642. The van der Waals surface area contributed by atoms with Gasteiger partial charge in [-0.25, -0.2) is 8.42 Å². The highest BCUT2D eigenvalue weighted by Crippen LogP contribution is 2.49. The summed E-state index contributed by atoms with van der Waals surface area (Å²) < 4.78 is 25.2. The first kappa shape index (κ1) is 13.8. The van der Waals surface area contributed by atoms with Crippen molar-refractivity contribution in [2.24, 2.45) is 0 Å². The highest BCUT2D eigenvalue weighted by atomic mass is 32.2. The Labute approximate surface area is 122 Å². The van der Waals surface area contributed by atoms with Gasteiger partial charge in [0.1, 0.15) is 4.90 Å². The third-order valence-corrected chi connectivity index (χ3v) is 6.00. The molecule has 2 atom stereocenters. The summed E-state index contributed by atoms with van der Waals surface area (Å²) in [5.41, 5.74) is 0.612. The van der Waals surface area contributed by atoms with Gasteiger partial charge in [-0.2, -0.15) is 0 Å². The van der Waals surface area contributed by atoms with E-state index in [2.05, 4.69) is 0 Å². The highest BCUT2D eigenvalue weighted by Gasteiger charge is 2.50. The van der Waals surface area contributed by atoms with Crippen molar-refractivity contribution in [2.75, 3.05) is 0 Å². The molecular formula is C15H13NO4S. The Balaban J connectivity index is 1.95. The van der Waals surface area contributed by atoms with E-state index in [1.54, 1.807) is 0 Å². The number of nitro benzene ring substituents is 1. The molecule has 1 saturated carbocycles. The lowest BCUT2D eigenvalue weighted by atomic mass is 10.1. The molecule has 1 fully saturated rings. The fraction of sp³-hybridized carbons (Fsp3) is 0.200. The van der Waals surface area contributed by atoms with Crippen molar-refractivity contribution >= 4 is 15.5 Å². The Bertz CT molecular complexity index is 786. The van der Waals surface area contributed by atoms with Crippen molar-refractivity contribution in [2.45, 2.75) is 22.5 Å². The number of hydrogen-bond acceptors (Lipinski definition) is 4. The fourth-order valence-electron chi connectivity index (χ4n) is 2.58. The molecule has 108 valence electrons. The molecule has 3 rings (SSSR count). The van der Waals surface area contributed by atoms with E-state index in [0.717, 1.165) is 5.56 Å². The Morgan fingerprint density at radius 1 is 1.00 bits per heavy atom. The van der Waals surface area contributed by atoms with E-state index in [-0.39, 0.29) is 16.5 Å². The molecule has 2 aromatic rings. The van der Waals surface area contributed by atoms with Crippen LogP contribution in [0.2, 0.25) is 0 Å². The van der Waals surface area contributed by atoms with Crippen LogP contribution in [0, 0.1) is 10.1 Å². The molecule has 0 amide bonds. The van der Waals surface area contributed by atoms with Crippen LogP contribution in [0.5, 0.6) is 0 Å². The summed E-state index contributed by atoms with van der Waals surface area (Å²) in [6, 6.07) is 14.9. The molecule has 6 heteroatoms. The fourth-order valence-corrected chi connectivity index (χ4v) is 4.66. The molecule has 0 saturated heterocycles. The van der Waals surface area contributed by atoms with E-state index in [4.69, 9.17) is 0 Å². The number of nitro groups is 1. The predicted molar refractivity (Wildman–Crippen MR) is 77.9 cm³/mol. The van der Waals surface area contributed by atoms with Crippen molar-refractivity contribution in [3.8, 4) is 0 Å². The van der Waals surface area contributed by atoms with Gasteiger partial charge in [0.2, 0.25) is 0 Å². The zero-order chi connectivity index (χ0) is 15.0. The molecule has 21 heavy (non-hydrogen) atoms. The minimum Gasteiger partial charge on any atom is -0.258 e. The zero-order valence-corrected chi connectivity index (χ0v) is 11.9. The molecule has 0 N–H and O–H groups in total. The van der Waals surface area contributed by atoms with Gasteiger partial charge in [0.25, 0.3) is 5.69 Å². The van der Waals surface area contributed by atoms with Gasteiger partial charge in [0, 0.05) is 12.0 Å². The molecule has 5 nitrogen and oxygen atoms in total. The summed E-state index contributed by atoms with van der Waals surface area (Å²) in [6.45, 7) is 0. The van der Waals surface area contributed by atoms with E-state index in [1.807, 2.05) is 30.3 Å². The zero-order valence-electron chi connectivity index (χ0n) is 11.0. The van der Waals surface area contributed by atoms with Crippen LogP contribution in [0.15, 0.2) is 59.5 Å². The largest absolute Gasteiger partial charge is 0.287 e. The molecule has 0 radical (unpaired) electrons. The molecular weight excluding hydrogens is 290 g/mol. The average Bonchev–Trinajstić information content (AvgIpc) is 3.29. The Hall–Kier alpha value is -2.21. The van der Waals surface area contributed by atoms with Crippen molar-refractivity contribution in [1.82, 2.24) is 0 Å². The normalized spacial score (nSPS) is 21.0. The molecule has 0 unspecified atom stereocenters. The van der Waals surface area contributed by atoms with Crippen LogP contribution < -0.4 is 0 Å². The van der Waals surface area contributed by atoms with Gasteiger partial charge in [0.15, 0.2) is 9.84 Å². The van der Waals surface area contributed by atoms with Gasteiger partial charge in [-0.05, 0) is 18.1 Å². The second-order valence-electron chi connectivity index (χ2n) is 5.06. The van der Waals surface area contributed by atoms with Crippen LogP contribution in [0.25, 0.3) is 0 Å². The molecule has 0 spiro atoms. The lowest BCUT2D eigenvalue weighted by molar-refractivity contribution is -0.387. The molecule has 1 aliphatic carbocycles. The SMILES string of the molecule is O=[N+]([O-])c1ccccc1S(=O)(=O)[C@@H]1C[C@H]1c1ccccc1. The molecule has 0 heterocycles. The number of para-hydroxylation sites is 1. The lowest BCUT2D eigenvalue weighted by Crippen LogP contribution is -2.11. The minimum absolute atomic E-state index is 0.0731. The molecule has 2 aromatic carbocycles. The first-order valence-corrected chi connectivity index (χ1v) is 8.08. The molecule has 1 aliphatic rings. The van der Waals surface area contributed by atoms with Crippen LogP contribution in [0.1, 0.15) is 17.9 Å². The van der Waals surface area contributed by atoms with Crippen molar-refractivity contribution < 1.29 is 13.3 Å². The van der Waals surface area contributed by atoms with Crippen molar-refractivity contribution in [3.05, 3.63) is 70.3 Å². The van der Waals surface area contributed by atoms with E-state index < -0.39 is 20.0 Å². The first-order chi connectivity index (χ1) is 10.0. The maximum Gasteiger partial charge on any atom is 0.287 e. The summed E-state index contributed by atoms with van der Waals surface area (Å²) in [7, 11) is -3.68. The van der Waals surface area contributed by atoms with Crippen LogP contribution in [0.3, 0.4) is 0 Å². The maximum absolute atomic E-state index is 12.6. The number of rotatable bonds is 4. The number of benzene rings is 2. The molecule has 0 bridgehead atoms. The summed E-state index contributed by atoms with van der Waals surface area (Å²) in [4.78, 5) is 10.2. The third-order valence-electron chi connectivity index (χ3n) is 3.73. The van der Waals surface area contributed by atoms with E-state index in [1.165, 1.54) is 24.3 Å². The molecule has 0 aliphatic heterocycles. The average molecular weight is 303 g/mol. The van der Waals surface area contributed by atoms with Crippen LogP contribution >= 0.6 is 0 Å². The van der Waals surface area contributed by atoms with Gasteiger partial charge < -0.3 is 0 Å². The minimum atomic E-state index is -3.68. The van der Waals surface area contributed by atoms with Gasteiger partial charge >= 0.3 is 0 Å². The number of hydrogen-bond donors (Lipinski definition) is 0. The molecule has 0 aromatic heterocycles. The van der Waals surface area contributed by atoms with Crippen molar-refractivity contribution in [3.63, 3.8) is 0 Å². The standard InChI is InChI=1S/C15H13NO4S/c17-16(18)13-8-4-5-9-14(13)21(19,20)15-10-12(15)11-6-2-1-3-7-11/h1-9,12,15H,10H2/t12-,15+/m0/s1. The third kappa shape index (κ3) is 2.42. The second-order valence-corrected chi connectivity index (χ2v) is 7.20. The van der Waals surface area contributed by atoms with Crippen LogP contribution in [0.4, 0.5) is 5.69 Å². The van der Waals surface area contributed by atoms with Gasteiger partial charge in [-0.1, -0.05) is 42.5 Å². The summed E-state index contributed by atoms with van der Waals surface area (Å²) in [6.07, 6.45) is 0.512. The van der Waals surface area contributed by atoms with Crippen LogP contribution in [-0.2, 0) is 9.84 Å². The van der Waals surface area contributed by atoms with Gasteiger partial charge in [-0.3, -0.25) is 10.1 Å². The van der Waals surface area contributed by atoms with E-state index in [0.29, 0.717) is 6.42 Å². The van der Waals surface area contributed by atoms with E-state index >= 15 is 0 Å². The summed E-state index contributed by atoms with van der Waals surface area (Å²) >= 11 is 0. The predicted octanol–water partition coefficient (Wildman–Crippen LogP) is 2.92. The summed E-state index contributed by atoms with van der Waals surface area (Å²) in [5.74, 6) is -0.0731. The summed E-state index contributed by atoms with van der Waals surface area (Å²) in [5, 5.41) is 10.4. The Morgan fingerprint density at radius 3 is 2.29 bits per heavy atom. The van der Waals surface area contributed by atoms with Crippen LogP contribution in [-0.4, -0.2) is 18.6 Å². The number of sulfone groups is 1. The topological polar surface area (TPSA) is 77.3 Å². The first-order valence-electron chi connectivity index (χ1n) is 6.54.